The minimum atomic E-state index is 0.634. The average Bonchev–Trinajstić information content (AvgIpc) is 2.76. The van der Waals surface area contributed by atoms with Gasteiger partial charge in [0.1, 0.15) is 0 Å². The van der Waals surface area contributed by atoms with Crippen LogP contribution in [0.4, 0.5) is 5.69 Å². The lowest BCUT2D eigenvalue weighted by Gasteiger charge is -2.36. The minimum absolute atomic E-state index is 0.634. The van der Waals surface area contributed by atoms with E-state index in [0.717, 1.165) is 54.8 Å². The van der Waals surface area contributed by atoms with Gasteiger partial charge in [0.25, 0.3) is 0 Å². The van der Waals surface area contributed by atoms with Gasteiger partial charge in [0.2, 0.25) is 5.75 Å². The fraction of sp³-hybridized carbons (Fsp3) is 0.435. The Morgan fingerprint density at radius 3 is 2.20 bits per heavy atom. The fourth-order valence-electron chi connectivity index (χ4n) is 3.66. The molecule has 162 valence electrons. The molecule has 1 aliphatic rings. The predicted molar refractivity (Wildman–Crippen MR) is 125 cm³/mol. The van der Waals surface area contributed by atoms with Gasteiger partial charge in [-0.05, 0) is 55.4 Å². The number of ether oxygens (including phenoxy) is 3. The molecule has 0 atom stereocenters. The van der Waals surface area contributed by atoms with Gasteiger partial charge >= 0.3 is 0 Å². The second-order valence-electron chi connectivity index (χ2n) is 7.49. The first kappa shape index (κ1) is 22.2. The van der Waals surface area contributed by atoms with Gasteiger partial charge < -0.3 is 24.4 Å². The standard InChI is InChI=1S/C23H31N3O3S/c1-16-6-8-19(14-17(16)2)24-23(30)26-12-10-25(11-13-26)15-18-7-9-20(27-3)22(29-5)21(18)28-4/h6-9,14H,10-13,15H2,1-5H3,(H,24,30). The number of piperazine rings is 1. The van der Waals surface area contributed by atoms with Crippen molar-refractivity contribution < 1.29 is 14.2 Å². The van der Waals surface area contributed by atoms with Gasteiger partial charge in [0.05, 0.1) is 21.3 Å². The zero-order valence-electron chi connectivity index (χ0n) is 18.4. The molecule has 0 radical (unpaired) electrons. The summed E-state index contributed by atoms with van der Waals surface area (Å²) < 4.78 is 16.5. The van der Waals surface area contributed by atoms with E-state index in [1.165, 1.54) is 11.1 Å². The summed E-state index contributed by atoms with van der Waals surface area (Å²) in [6, 6.07) is 10.3. The molecule has 0 aromatic heterocycles. The van der Waals surface area contributed by atoms with Crippen LogP contribution in [0.25, 0.3) is 0 Å². The van der Waals surface area contributed by atoms with Crippen LogP contribution in [0.1, 0.15) is 16.7 Å². The molecule has 0 aliphatic carbocycles. The normalized spacial score (nSPS) is 14.4. The van der Waals surface area contributed by atoms with E-state index in [1.54, 1.807) is 21.3 Å². The van der Waals surface area contributed by atoms with E-state index in [9.17, 15) is 0 Å². The van der Waals surface area contributed by atoms with E-state index >= 15 is 0 Å². The summed E-state index contributed by atoms with van der Waals surface area (Å²) in [4.78, 5) is 4.63. The maximum absolute atomic E-state index is 5.65. The van der Waals surface area contributed by atoms with Crippen molar-refractivity contribution in [2.75, 3.05) is 52.8 Å². The Morgan fingerprint density at radius 2 is 1.60 bits per heavy atom. The van der Waals surface area contributed by atoms with Crippen LogP contribution >= 0.6 is 12.2 Å². The highest BCUT2D eigenvalue weighted by molar-refractivity contribution is 7.80. The van der Waals surface area contributed by atoms with Crippen molar-refractivity contribution in [3.8, 4) is 17.2 Å². The van der Waals surface area contributed by atoms with Crippen LogP contribution in [0.15, 0.2) is 30.3 Å². The first-order valence-electron chi connectivity index (χ1n) is 10.1. The molecule has 7 heteroatoms. The van der Waals surface area contributed by atoms with Crippen LogP contribution in [0, 0.1) is 13.8 Å². The number of methoxy groups -OCH3 is 3. The highest BCUT2D eigenvalue weighted by atomic mass is 32.1. The number of aryl methyl sites for hydroxylation is 2. The highest BCUT2D eigenvalue weighted by Gasteiger charge is 2.22. The maximum Gasteiger partial charge on any atom is 0.203 e. The summed E-state index contributed by atoms with van der Waals surface area (Å²) >= 11 is 5.65. The van der Waals surface area contributed by atoms with Crippen LogP contribution in [-0.4, -0.2) is 62.4 Å². The van der Waals surface area contributed by atoms with E-state index in [1.807, 2.05) is 12.1 Å². The minimum Gasteiger partial charge on any atom is -0.493 e. The van der Waals surface area contributed by atoms with Crippen molar-refractivity contribution in [1.82, 2.24) is 9.80 Å². The lowest BCUT2D eigenvalue weighted by molar-refractivity contribution is 0.175. The van der Waals surface area contributed by atoms with E-state index in [2.05, 4.69) is 47.2 Å². The van der Waals surface area contributed by atoms with Gasteiger partial charge in [-0.25, -0.2) is 0 Å². The van der Waals surface area contributed by atoms with Gasteiger partial charge in [-0.15, -0.1) is 0 Å². The van der Waals surface area contributed by atoms with Crippen LogP contribution in [0.2, 0.25) is 0 Å². The lowest BCUT2D eigenvalue weighted by Crippen LogP contribution is -2.49. The third-order valence-electron chi connectivity index (χ3n) is 5.60. The number of hydrogen-bond acceptors (Lipinski definition) is 5. The predicted octanol–water partition coefficient (Wildman–Crippen LogP) is 3.84. The maximum atomic E-state index is 5.65. The number of rotatable bonds is 6. The molecule has 1 aliphatic heterocycles. The number of benzene rings is 2. The third kappa shape index (κ3) is 4.96. The molecular weight excluding hydrogens is 398 g/mol. The number of thiocarbonyl (C=S) groups is 1. The molecule has 3 rings (SSSR count). The van der Waals surface area contributed by atoms with Crippen LogP contribution in [-0.2, 0) is 6.54 Å². The Bertz CT molecular complexity index is 896. The van der Waals surface area contributed by atoms with E-state index in [0.29, 0.717) is 11.5 Å². The topological polar surface area (TPSA) is 46.2 Å². The Labute approximate surface area is 184 Å². The molecule has 0 amide bonds. The van der Waals surface area contributed by atoms with Gasteiger partial charge in [0, 0.05) is 44.0 Å². The van der Waals surface area contributed by atoms with Gasteiger partial charge in [0.15, 0.2) is 16.6 Å². The molecule has 0 saturated carbocycles. The summed E-state index contributed by atoms with van der Waals surface area (Å²) in [7, 11) is 4.92. The molecule has 2 aromatic carbocycles. The molecule has 1 heterocycles. The first-order chi connectivity index (χ1) is 14.5. The van der Waals surface area contributed by atoms with Crippen LogP contribution in [0.5, 0.6) is 17.2 Å². The zero-order valence-corrected chi connectivity index (χ0v) is 19.3. The molecule has 0 spiro atoms. The molecule has 2 aromatic rings. The number of hydrogen-bond donors (Lipinski definition) is 1. The van der Waals surface area contributed by atoms with Crippen LogP contribution in [0.3, 0.4) is 0 Å². The van der Waals surface area contributed by atoms with Crippen LogP contribution < -0.4 is 19.5 Å². The quantitative estimate of drug-likeness (QED) is 0.700. The third-order valence-corrected chi connectivity index (χ3v) is 5.96. The highest BCUT2D eigenvalue weighted by Crippen LogP contribution is 2.40. The van der Waals surface area contributed by atoms with Gasteiger partial charge in [-0.2, -0.15) is 0 Å². The monoisotopic (exact) mass is 429 g/mol. The number of nitrogens with one attached hydrogen (secondary N) is 1. The molecule has 30 heavy (non-hydrogen) atoms. The lowest BCUT2D eigenvalue weighted by atomic mass is 10.1. The van der Waals surface area contributed by atoms with Crippen molar-refractivity contribution in [2.24, 2.45) is 0 Å². The van der Waals surface area contributed by atoms with E-state index in [4.69, 9.17) is 26.4 Å². The summed E-state index contributed by atoms with van der Waals surface area (Å²) in [5.41, 5.74) is 4.67. The molecule has 1 N–H and O–H groups in total. The summed E-state index contributed by atoms with van der Waals surface area (Å²) in [6.45, 7) is 8.63. The molecule has 1 fully saturated rings. The molecule has 1 saturated heterocycles. The Balaban J connectivity index is 1.59. The molecule has 6 nitrogen and oxygen atoms in total. The van der Waals surface area contributed by atoms with Crippen molar-refractivity contribution >= 4 is 23.0 Å². The second kappa shape index (κ2) is 10.00. The smallest absolute Gasteiger partial charge is 0.203 e. The van der Waals surface area contributed by atoms with Gasteiger partial charge in [-0.3, -0.25) is 4.90 Å². The Kier molecular flexibility index (Phi) is 7.39. The zero-order chi connectivity index (χ0) is 21.7. The van der Waals surface area contributed by atoms with Crippen molar-refractivity contribution in [2.45, 2.75) is 20.4 Å². The number of anilines is 1. The van der Waals surface area contributed by atoms with Crippen molar-refractivity contribution in [3.63, 3.8) is 0 Å². The summed E-state index contributed by atoms with van der Waals surface area (Å²) in [5, 5.41) is 4.16. The average molecular weight is 430 g/mol. The Morgan fingerprint density at radius 1 is 0.900 bits per heavy atom. The molecular formula is C23H31N3O3S. The molecule has 0 unspecified atom stereocenters. The first-order valence-corrected chi connectivity index (χ1v) is 10.5. The van der Waals surface area contributed by atoms with Crippen molar-refractivity contribution in [1.29, 1.82) is 0 Å². The number of nitrogens with zero attached hydrogens (tertiary/aromatic N) is 2. The Hall–Kier alpha value is -2.51. The summed E-state index contributed by atoms with van der Waals surface area (Å²) in [6.07, 6.45) is 0. The van der Waals surface area contributed by atoms with E-state index < -0.39 is 0 Å². The molecule has 0 bridgehead atoms. The van der Waals surface area contributed by atoms with Gasteiger partial charge in [-0.1, -0.05) is 12.1 Å². The SMILES string of the molecule is COc1ccc(CN2CCN(C(=S)Nc3ccc(C)c(C)c3)CC2)c(OC)c1OC. The van der Waals surface area contributed by atoms with E-state index in [-0.39, 0.29) is 0 Å². The fourth-order valence-corrected chi connectivity index (χ4v) is 3.96. The van der Waals surface area contributed by atoms with Crippen molar-refractivity contribution in [3.05, 3.63) is 47.0 Å². The second-order valence-corrected chi connectivity index (χ2v) is 7.87. The summed E-state index contributed by atoms with van der Waals surface area (Å²) in [5.74, 6) is 2.03. The largest absolute Gasteiger partial charge is 0.493 e.